The van der Waals surface area contributed by atoms with Gasteiger partial charge < -0.3 is 10.3 Å². The van der Waals surface area contributed by atoms with Gasteiger partial charge in [-0.25, -0.2) is 0 Å². The molecule has 0 saturated carbocycles. The molecule has 0 spiro atoms. The first kappa shape index (κ1) is 11.0. The maximum Gasteiger partial charge on any atom is 0.318 e. The minimum Gasteiger partial charge on any atom is -0.351 e. The lowest BCUT2D eigenvalue weighted by Crippen LogP contribution is -1.90. The van der Waals surface area contributed by atoms with Gasteiger partial charge in [0.2, 0.25) is 0 Å². The summed E-state index contributed by atoms with van der Waals surface area (Å²) in [7, 11) is 0. The predicted octanol–water partition coefficient (Wildman–Crippen LogP) is 2.55. The van der Waals surface area contributed by atoms with E-state index in [2.05, 4.69) is 21.6 Å². The minimum absolute atomic E-state index is 0.172. The summed E-state index contributed by atoms with van der Waals surface area (Å²) in [6.07, 6.45) is 8.53. The highest BCUT2D eigenvalue weighted by Crippen LogP contribution is 2.08. The van der Waals surface area contributed by atoms with Crippen LogP contribution in [-0.4, -0.2) is 10.1 Å². The summed E-state index contributed by atoms with van der Waals surface area (Å²) in [4.78, 5) is 3.94. The van der Waals surface area contributed by atoms with Gasteiger partial charge in [-0.3, -0.25) is 0 Å². The first-order chi connectivity index (χ1) is 6.83. The van der Waals surface area contributed by atoms with Crippen molar-refractivity contribution < 1.29 is 4.52 Å². The monoisotopic (exact) mass is 197 g/mol. The fraction of sp³-hybridized carbons (Fsp3) is 0.800. The van der Waals surface area contributed by atoms with Gasteiger partial charge in [-0.15, -0.1) is 0 Å². The normalized spacial score (nSPS) is 10.6. The summed E-state index contributed by atoms with van der Waals surface area (Å²) in [6.45, 7) is 2.22. The van der Waals surface area contributed by atoms with Crippen LogP contribution in [0.2, 0.25) is 0 Å². The molecule has 1 heterocycles. The third-order valence-electron chi connectivity index (χ3n) is 2.24. The number of unbranched alkanes of at least 4 members (excludes halogenated alkanes) is 5. The second kappa shape index (κ2) is 6.40. The standard InChI is InChI=1S/C10H19N3O/c1-2-3-4-5-6-7-8-9-12-10(11)14-13-9/h2-8H2,1H3,(H2,11,12,13). The van der Waals surface area contributed by atoms with Crippen LogP contribution in [0.1, 0.15) is 51.3 Å². The van der Waals surface area contributed by atoms with E-state index in [0.29, 0.717) is 0 Å². The Morgan fingerprint density at radius 2 is 1.86 bits per heavy atom. The molecule has 14 heavy (non-hydrogen) atoms. The van der Waals surface area contributed by atoms with Crippen LogP contribution in [0.3, 0.4) is 0 Å². The molecule has 0 fully saturated rings. The maximum atomic E-state index is 5.31. The fourth-order valence-corrected chi connectivity index (χ4v) is 1.43. The number of hydrogen-bond acceptors (Lipinski definition) is 4. The van der Waals surface area contributed by atoms with E-state index in [1.165, 1.54) is 32.1 Å². The Hall–Kier alpha value is -1.06. The van der Waals surface area contributed by atoms with Crippen molar-refractivity contribution >= 4 is 6.01 Å². The molecule has 0 saturated heterocycles. The van der Waals surface area contributed by atoms with Crippen molar-refractivity contribution in [2.24, 2.45) is 0 Å². The van der Waals surface area contributed by atoms with Crippen molar-refractivity contribution in [1.82, 2.24) is 10.1 Å². The lowest BCUT2D eigenvalue weighted by atomic mass is 10.1. The summed E-state index contributed by atoms with van der Waals surface area (Å²) in [5, 5.41) is 3.74. The molecular weight excluding hydrogens is 178 g/mol. The molecule has 0 aliphatic carbocycles. The molecular formula is C10H19N3O. The van der Waals surface area contributed by atoms with E-state index >= 15 is 0 Å². The van der Waals surface area contributed by atoms with E-state index in [0.717, 1.165) is 18.7 Å². The number of aromatic nitrogens is 2. The molecule has 0 radical (unpaired) electrons. The van der Waals surface area contributed by atoms with Gasteiger partial charge in [0.1, 0.15) is 0 Å². The van der Waals surface area contributed by atoms with Crippen molar-refractivity contribution in [3.8, 4) is 0 Å². The van der Waals surface area contributed by atoms with Crippen LogP contribution in [0.5, 0.6) is 0 Å². The van der Waals surface area contributed by atoms with Crippen LogP contribution in [0.15, 0.2) is 4.52 Å². The Kier molecular flexibility index (Phi) is 5.04. The van der Waals surface area contributed by atoms with Gasteiger partial charge in [0.15, 0.2) is 5.82 Å². The van der Waals surface area contributed by atoms with Crippen LogP contribution in [0, 0.1) is 0 Å². The van der Waals surface area contributed by atoms with Crippen molar-refractivity contribution in [2.45, 2.75) is 51.9 Å². The summed E-state index contributed by atoms with van der Waals surface area (Å²) in [5.74, 6) is 0.734. The Morgan fingerprint density at radius 1 is 1.14 bits per heavy atom. The number of anilines is 1. The second-order valence-electron chi connectivity index (χ2n) is 3.57. The van der Waals surface area contributed by atoms with Gasteiger partial charge in [-0.05, 0) is 6.42 Å². The van der Waals surface area contributed by atoms with E-state index in [1.54, 1.807) is 0 Å². The van der Waals surface area contributed by atoms with E-state index in [1.807, 2.05) is 0 Å². The van der Waals surface area contributed by atoms with E-state index < -0.39 is 0 Å². The molecule has 0 aliphatic heterocycles. The van der Waals surface area contributed by atoms with Crippen molar-refractivity contribution in [3.05, 3.63) is 5.82 Å². The number of nitrogen functional groups attached to an aromatic ring is 1. The third kappa shape index (κ3) is 4.25. The fourth-order valence-electron chi connectivity index (χ4n) is 1.43. The molecule has 1 aromatic heterocycles. The van der Waals surface area contributed by atoms with Crippen molar-refractivity contribution in [1.29, 1.82) is 0 Å². The lowest BCUT2D eigenvalue weighted by Gasteiger charge is -1.97. The minimum atomic E-state index is 0.172. The lowest BCUT2D eigenvalue weighted by molar-refractivity contribution is 0.425. The molecule has 1 aromatic rings. The summed E-state index contributed by atoms with van der Waals surface area (Å²) >= 11 is 0. The SMILES string of the molecule is CCCCCCCCc1noc(N)n1. The topological polar surface area (TPSA) is 64.9 Å². The van der Waals surface area contributed by atoms with Gasteiger partial charge in [-0.1, -0.05) is 44.2 Å². The summed E-state index contributed by atoms with van der Waals surface area (Å²) < 4.78 is 4.68. The number of aryl methyl sites for hydroxylation is 1. The zero-order valence-corrected chi connectivity index (χ0v) is 8.83. The molecule has 0 amide bonds. The highest BCUT2D eigenvalue weighted by Gasteiger charge is 2.01. The average molecular weight is 197 g/mol. The predicted molar refractivity (Wildman–Crippen MR) is 55.8 cm³/mol. The van der Waals surface area contributed by atoms with Crippen molar-refractivity contribution in [2.75, 3.05) is 5.73 Å². The van der Waals surface area contributed by atoms with Crippen LogP contribution >= 0.6 is 0 Å². The highest BCUT2D eigenvalue weighted by atomic mass is 16.5. The maximum absolute atomic E-state index is 5.31. The third-order valence-corrected chi connectivity index (χ3v) is 2.24. The van der Waals surface area contributed by atoms with Crippen LogP contribution < -0.4 is 5.73 Å². The van der Waals surface area contributed by atoms with Crippen molar-refractivity contribution in [3.63, 3.8) is 0 Å². The van der Waals surface area contributed by atoms with Crippen LogP contribution in [0.4, 0.5) is 6.01 Å². The number of nitrogens with zero attached hydrogens (tertiary/aromatic N) is 2. The van der Waals surface area contributed by atoms with Gasteiger partial charge in [-0.2, -0.15) is 4.98 Å². The smallest absolute Gasteiger partial charge is 0.318 e. The number of hydrogen-bond donors (Lipinski definition) is 1. The van der Waals surface area contributed by atoms with Crippen LogP contribution in [-0.2, 0) is 6.42 Å². The molecule has 0 aromatic carbocycles. The van der Waals surface area contributed by atoms with Gasteiger partial charge >= 0.3 is 6.01 Å². The molecule has 2 N–H and O–H groups in total. The van der Waals surface area contributed by atoms with Gasteiger partial charge in [0.25, 0.3) is 0 Å². The molecule has 80 valence electrons. The van der Waals surface area contributed by atoms with E-state index in [-0.39, 0.29) is 6.01 Å². The van der Waals surface area contributed by atoms with E-state index in [9.17, 15) is 0 Å². The number of nitrogens with two attached hydrogens (primary N) is 1. The zero-order chi connectivity index (χ0) is 10.2. The quantitative estimate of drug-likeness (QED) is 0.682. The number of rotatable bonds is 7. The summed E-state index contributed by atoms with van der Waals surface area (Å²) in [5.41, 5.74) is 5.31. The Balaban J connectivity index is 1.99. The Labute approximate surface area is 84.9 Å². The molecule has 0 aliphatic rings. The largest absolute Gasteiger partial charge is 0.351 e. The Bertz CT molecular complexity index is 247. The van der Waals surface area contributed by atoms with Crippen LogP contribution in [0.25, 0.3) is 0 Å². The van der Waals surface area contributed by atoms with Gasteiger partial charge in [0.05, 0.1) is 0 Å². The molecule has 4 heteroatoms. The molecule has 1 rings (SSSR count). The molecule has 0 unspecified atom stereocenters. The summed E-state index contributed by atoms with van der Waals surface area (Å²) in [6, 6.07) is 0.172. The Morgan fingerprint density at radius 3 is 2.50 bits per heavy atom. The van der Waals surface area contributed by atoms with Gasteiger partial charge in [0, 0.05) is 6.42 Å². The first-order valence-electron chi connectivity index (χ1n) is 5.41. The molecule has 0 bridgehead atoms. The first-order valence-corrected chi connectivity index (χ1v) is 5.41. The zero-order valence-electron chi connectivity index (χ0n) is 8.83. The molecule has 0 atom stereocenters. The highest BCUT2D eigenvalue weighted by molar-refractivity contribution is 5.06. The van der Waals surface area contributed by atoms with E-state index in [4.69, 9.17) is 5.73 Å². The molecule has 4 nitrogen and oxygen atoms in total. The average Bonchev–Trinajstić information content (AvgIpc) is 2.58. The second-order valence-corrected chi connectivity index (χ2v) is 3.57.